The van der Waals surface area contributed by atoms with E-state index in [9.17, 15) is 9.90 Å². The molecule has 0 amide bonds. The molecule has 18 heavy (non-hydrogen) atoms. The second-order valence-corrected chi connectivity index (χ2v) is 5.73. The number of carbonyl (C=O) groups excluding carboxylic acids is 1. The van der Waals surface area contributed by atoms with Gasteiger partial charge < -0.3 is 9.84 Å². The van der Waals surface area contributed by atoms with Crippen molar-refractivity contribution < 1.29 is 14.6 Å². The monoisotopic (exact) mass is 256 g/mol. The smallest absolute Gasteiger partial charge is 0.311 e. The lowest BCUT2D eigenvalue weighted by atomic mass is 9.78. The fourth-order valence-corrected chi connectivity index (χ4v) is 3.01. The van der Waals surface area contributed by atoms with E-state index in [4.69, 9.17) is 4.74 Å². The van der Waals surface area contributed by atoms with Crippen molar-refractivity contribution in [2.24, 2.45) is 11.8 Å². The van der Waals surface area contributed by atoms with Crippen LogP contribution in [0.1, 0.15) is 65.7 Å². The molecule has 3 atom stereocenters. The molecule has 3 unspecified atom stereocenters. The zero-order valence-electron chi connectivity index (χ0n) is 12.1. The van der Waals surface area contributed by atoms with E-state index in [-0.39, 0.29) is 11.9 Å². The number of hydrogen-bond donors (Lipinski definition) is 1. The summed E-state index contributed by atoms with van der Waals surface area (Å²) in [6.45, 7) is 6.49. The number of rotatable bonds is 5. The van der Waals surface area contributed by atoms with E-state index in [1.165, 1.54) is 0 Å². The minimum absolute atomic E-state index is 0.212. The molecule has 3 nitrogen and oxygen atoms in total. The summed E-state index contributed by atoms with van der Waals surface area (Å²) in [5.41, 5.74) is -0.840. The maximum Gasteiger partial charge on any atom is 0.311 e. The van der Waals surface area contributed by atoms with E-state index in [0.29, 0.717) is 12.5 Å². The van der Waals surface area contributed by atoms with Crippen LogP contribution >= 0.6 is 0 Å². The first-order valence-electron chi connectivity index (χ1n) is 7.42. The van der Waals surface area contributed by atoms with Crippen LogP contribution in [0.3, 0.4) is 0 Å². The van der Waals surface area contributed by atoms with Crippen LogP contribution in [0.2, 0.25) is 0 Å². The van der Waals surface area contributed by atoms with Gasteiger partial charge in [-0.15, -0.1) is 0 Å². The third-order valence-corrected chi connectivity index (χ3v) is 4.17. The Morgan fingerprint density at radius 2 is 2.11 bits per heavy atom. The Kier molecular flexibility index (Phi) is 6.13. The molecular weight excluding hydrogens is 228 g/mol. The standard InChI is InChI=1S/C15H28O3/c1-4-7-13(14(16)18-5-2)15(17)10-6-8-12(3)9-11-15/h12-13,17H,4-11H2,1-3H3. The van der Waals surface area contributed by atoms with Gasteiger partial charge in [0.15, 0.2) is 0 Å². The number of ether oxygens (including phenoxy) is 1. The highest BCUT2D eigenvalue weighted by atomic mass is 16.5. The Morgan fingerprint density at radius 3 is 2.72 bits per heavy atom. The Labute approximate surface area is 111 Å². The summed E-state index contributed by atoms with van der Waals surface area (Å²) >= 11 is 0. The van der Waals surface area contributed by atoms with Crippen LogP contribution in [0.15, 0.2) is 0 Å². The van der Waals surface area contributed by atoms with Crippen LogP contribution in [0, 0.1) is 11.8 Å². The van der Waals surface area contributed by atoms with Gasteiger partial charge in [-0.05, 0) is 38.5 Å². The van der Waals surface area contributed by atoms with E-state index in [1.54, 1.807) is 0 Å². The normalized spacial score (nSPS) is 30.6. The fraction of sp³-hybridized carbons (Fsp3) is 0.933. The summed E-state index contributed by atoms with van der Waals surface area (Å²) in [6.07, 6.45) is 6.28. The molecule has 0 aromatic heterocycles. The van der Waals surface area contributed by atoms with Crippen molar-refractivity contribution in [2.45, 2.75) is 71.3 Å². The number of aliphatic hydroxyl groups is 1. The van der Waals surface area contributed by atoms with Crippen LogP contribution in [0.4, 0.5) is 0 Å². The van der Waals surface area contributed by atoms with Crippen molar-refractivity contribution >= 4 is 5.97 Å². The molecule has 0 aromatic carbocycles. The van der Waals surface area contributed by atoms with Crippen LogP contribution in [-0.4, -0.2) is 23.3 Å². The lowest BCUT2D eigenvalue weighted by molar-refractivity contribution is -0.160. The molecule has 0 saturated heterocycles. The van der Waals surface area contributed by atoms with E-state index in [0.717, 1.165) is 44.9 Å². The molecular formula is C15H28O3. The molecule has 0 radical (unpaired) electrons. The maximum absolute atomic E-state index is 12.0. The molecule has 1 aliphatic rings. The van der Waals surface area contributed by atoms with Crippen molar-refractivity contribution in [1.29, 1.82) is 0 Å². The van der Waals surface area contributed by atoms with E-state index in [2.05, 4.69) is 13.8 Å². The minimum Gasteiger partial charge on any atom is -0.466 e. The lowest BCUT2D eigenvalue weighted by Crippen LogP contribution is -2.43. The summed E-state index contributed by atoms with van der Waals surface area (Å²) in [7, 11) is 0. The summed E-state index contributed by atoms with van der Waals surface area (Å²) in [4.78, 5) is 12.0. The molecule has 0 aliphatic heterocycles. The first-order chi connectivity index (χ1) is 8.53. The van der Waals surface area contributed by atoms with Gasteiger partial charge in [-0.2, -0.15) is 0 Å². The van der Waals surface area contributed by atoms with Crippen LogP contribution < -0.4 is 0 Å². The Bertz CT molecular complexity index is 264. The third-order valence-electron chi connectivity index (χ3n) is 4.17. The number of carbonyl (C=O) groups is 1. The van der Waals surface area contributed by atoms with Crippen LogP contribution in [0.5, 0.6) is 0 Å². The molecule has 1 N–H and O–H groups in total. The molecule has 1 aliphatic carbocycles. The van der Waals surface area contributed by atoms with Crippen molar-refractivity contribution in [2.75, 3.05) is 6.61 Å². The predicted molar refractivity (Wildman–Crippen MR) is 72.2 cm³/mol. The summed E-state index contributed by atoms with van der Waals surface area (Å²) in [6, 6.07) is 0. The van der Waals surface area contributed by atoms with Gasteiger partial charge in [-0.3, -0.25) is 4.79 Å². The highest BCUT2D eigenvalue weighted by molar-refractivity contribution is 5.73. The van der Waals surface area contributed by atoms with Gasteiger partial charge >= 0.3 is 5.97 Å². The third kappa shape index (κ3) is 3.98. The minimum atomic E-state index is -0.840. The zero-order chi connectivity index (χ0) is 13.6. The molecule has 106 valence electrons. The number of esters is 1. The van der Waals surface area contributed by atoms with Gasteiger partial charge in [0.2, 0.25) is 0 Å². The molecule has 0 bridgehead atoms. The number of hydrogen-bond acceptors (Lipinski definition) is 3. The lowest BCUT2D eigenvalue weighted by Gasteiger charge is -2.34. The SMILES string of the molecule is CCCC(C(=O)OCC)C1(O)CCCC(C)CC1. The van der Waals surface area contributed by atoms with Crippen molar-refractivity contribution in [3.05, 3.63) is 0 Å². The second kappa shape index (κ2) is 7.13. The largest absolute Gasteiger partial charge is 0.466 e. The first kappa shape index (κ1) is 15.5. The van der Waals surface area contributed by atoms with Gasteiger partial charge in [0, 0.05) is 0 Å². The fourth-order valence-electron chi connectivity index (χ4n) is 3.01. The highest BCUT2D eigenvalue weighted by Crippen LogP contribution is 2.38. The van der Waals surface area contributed by atoms with Crippen molar-refractivity contribution in [1.82, 2.24) is 0 Å². The first-order valence-corrected chi connectivity index (χ1v) is 7.42. The average molecular weight is 256 g/mol. The molecule has 0 spiro atoms. The highest BCUT2D eigenvalue weighted by Gasteiger charge is 2.42. The molecule has 1 rings (SSSR count). The Morgan fingerprint density at radius 1 is 1.39 bits per heavy atom. The van der Waals surface area contributed by atoms with Gasteiger partial charge in [-0.1, -0.05) is 33.1 Å². The van der Waals surface area contributed by atoms with E-state index < -0.39 is 5.60 Å². The van der Waals surface area contributed by atoms with Gasteiger partial charge in [0.05, 0.1) is 18.1 Å². The Hall–Kier alpha value is -0.570. The van der Waals surface area contributed by atoms with Crippen LogP contribution in [0.25, 0.3) is 0 Å². The molecule has 0 heterocycles. The van der Waals surface area contributed by atoms with Crippen molar-refractivity contribution in [3.63, 3.8) is 0 Å². The predicted octanol–water partition coefficient (Wildman–Crippen LogP) is 3.30. The van der Waals surface area contributed by atoms with Gasteiger partial charge in [-0.25, -0.2) is 0 Å². The summed E-state index contributed by atoms with van der Waals surface area (Å²) in [5, 5.41) is 10.9. The van der Waals surface area contributed by atoms with E-state index in [1.807, 2.05) is 6.92 Å². The molecule has 1 fully saturated rings. The molecule has 3 heteroatoms. The van der Waals surface area contributed by atoms with Gasteiger partial charge in [0.25, 0.3) is 0 Å². The molecule has 0 aromatic rings. The summed E-state index contributed by atoms with van der Waals surface area (Å²) < 4.78 is 5.14. The van der Waals surface area contributed by atoms with Crippen molar-refractivity contribution in [3.8, 4) is 0 Å². The van der Waals surface area contributed by atoms with Gasteiger partial charge in [0.1, 0.15) is 0 Å². The quantitative estimate of drug-likeness (QED) is 0.606. The summed E-state index contributed by atoms with van der Waals surface area (Å²) in [5.74, 6) is 0.104. The molecule has 1 saturated carbocycles. The topological polar surface area (TPSA) is 46.5 Å². The maximum atomic E-state index is 12.0. The Balaban J connectivity index is 2.78. The zero-order valence-corrected chi connectivity index (χ0v) is 12.1. The average Bonchev–Trinajstić information content (AvgIpc) is 2.49. The second-order valence-electron chi connectivity index (χ2n) is 5.73. The van der Waals surface area contributed by atoms with E-state index >= 15 is 0 Å². The van der Waals surface area contributed by atoms with Crippen LogP contribution in [-0.2, 0) is 9.53 Å².